The van der Waals surface area contributed by atoms with Gasteiger partial charge < -0.3 is 15.3 Å². The summed E-state index contributed by atoms with van der Waals surface area (Å²) in [5, 5.41) is 12.8. The topological polar surface area (TPSA) is 65.5 Å². The molecule has 1 amide bonds. The van der Waals surface area contributed by atoms with E-state index in [-0.39, 0.29) is 6.04 Å². The summed E-state index contributed by atoms with van der Waals surface area (Å²) in [4.78, 5) is 16.4. The fourth-order valence-corrected chi connectivity index (χ4v) is 2.31. The number of likely N-dealkylation sites (tertiary alicyclic amines) is 1. The van der Waals surface area contributed by atoms with Gasteiger partial charge in [0.1, 0.15) is 5.15 Å². The number of aromatic nitrogens is 1. The van der Waals surface area contributed by atoms with Gasteiger partial charge in [-0.15, -0.1) is 0 Å². The van der Waals surface area contributed by atoms with Crippen molar-refractivity contribution in [1.29, 1.82) is 0 Å². The van der Waals surface area contributed by atoms with Crippen molar-refractivity contribution in [2.24, 2.45) is 0 Å². The van der Waals surface area contributed by atoms with Crippen LogP contribution < -0.4 is 5.32 Å². The molecule has 5 nitrogen and oxygen atoms in total. The Hall–Kier alpha value is -1.33. The molecular formula is C12H16ClN3O2. The first-order valence-electron chi connectivity index (χ1n) is 5.97. The van der Waals surface area contributed by atoms with Crippen LogP contribution in [0.4, 0.5) is 4.79 Å². The van der Waals surface area contributed by atoms with Gasteiger partial charge in [0, 0.05) is 37.4 Å². The zero-order chi connectivity index (χ0) is 13.0. The second-order valence-corrected chi connectivity index (χ2v) is 4.76. The van der Waals surface area contributed by atoms with E-state index in [4.69, 9.17) is 16.7 Å². The third-order valence-electron chi connectivity index (χ3n) is 3.11. The van der Waals surface area contributed by atoms with Crippen molar-refractivity contribution in [3.8, 4) is 0 Å². The largest absolute Gasteiger partial charge is 0.465 e. The molecule has 1 saturated heterocycles. The minimum Gasteiger partial charge on any atom is -0.465 e. The number of nitrogens with one attached hydrogen (secondary N) is 1. The molecule has 0 bridgehead atoms. The summed E-state index contributed by atoms with van der Waals surface area (Å²) in [7, 11) is 0. The van der Waals surface area contributed by atoms with Crippen LogP contribution in [0.2, 0.25) is 5.15 Å². The maximum atomic E-state index is 10.9. The molecule has 98 valence electrons. The molecule has 6 heteroatoms. The average Bonchev–Trinajstić information content (AvgIpc) is 2.38. The molecule has 18 heavy (non-hydrogen) atoms. The maximum absolute atomic E-state index is 10.9. The zero-order valence-electron chi connectivity index (χ0n) is 9.97. The minimum absolute atomic E-state index is 0.186. The van der Waals surface area contributed by atoms with E-state index in [0.717, 1.165) is 18.4 Å². The van der Waals surface area contributed by atoms with Crippen LogP contribution in [-0.2, 0) is 6.54 Å². The van der Waals surface area contributed by atoms with Crippen LogP contribution in [0.15, 0.2) is 18.3 Å². The number of pyridine rings is 1. The Morgan fingerprint density at radius 1 is 1.67 bits per heavy atom. The minimum atomic E-state index is -0.846. The summed E-state index contributed by atoms with van der Waals surface area (Å²) in [6, 6.07) is 3.94. The summed E-state index contributed by atoms with van der Waals surface area (Å²) in [6.07, 6.45) is 2.69. The summed E-state index contributed by atoms with van der Waals surface area (Å²) in [6.45, 7) is 1.78. The highest BCUT2D eigenvalue weighted by Gasteiger charge is 2.22. The van der Waals surface area contributed by atoms with Crippen molar-refractivity contribution in [1.82, 2.24) is 15.2 Å². The molecule has 2 heterocycles. The van der Waals surface area contributed by atoms with Crippen LogP contribution in [-0.4, -0.2) is 40.2 Å². The molecule has 2 N–H and O–H groups in total. The predicted octanol–water partition coefficient (Wildman–Crippen LogP) is 1.97. The summed E-state index contributed by atoms with van der Waals surface area (Å²) >= 11 is 5.97. The van der Waals surface area contributed by atoms with E-state index in [1.54, 1.807) is 6.20 Å². The number of halogens is 1. The first kappa shape index (κ1) is 13.1. The third-order valence-corrected chi connectivity index (χ3v) is 3.45. The molecule has 1 unspecified atom stereocenters. The van der Waals surface area contributed by atoms with E-state index in [1.807, 2.05) is 12.1 Å². The van der Waals surface area contributed by atoms with E-state index in [1.165, 1.54) is 4.90 Å². The summed E-state index contributed by atoms with van der Waals surface area (Å²) in [5.41, 5.74) is 0.937. The van der Waals surface area contributed by atoms with Crippen LogP contribution in [0.3, 0.4) is 0 Å². The SMILES string of the molecule is O=C(O)N1CCCC(NCc2cccnc2Cl)C1. The van der Waals surface area contributed by atoms with Gasteiger partial charge in [-0.2, -0.15) is 0 Å². The van der Waals surface area contributed by atoms with Gasteiger partial charge in [0.05, 0.1) is 0 Å². The van der Waals surface area contributed by atoms with Crippen LogP contribution in [0.5, 0.6) is 0 Å². The van der Waals surface area contributed by atoms with Crippen molar-refractivity contribution < 1.29 is 9.90 Å². The standard InChI is InChI=1S/C12H16ClN3O2/c13-11-9(3-1-5-14-11)7-15-10-4-2-6-16(8-10)12(17)18/h1,3,5,10,15H,2,4,6-8H2,(H,17,18). The summed E-state index contributed by atoms with van der Waals surface area (Å²) < 4.78 is 0. The lowest BCUT2D eigenvalue weighted by molar-refractivity contribution is 0.126. The molecule has 0 spiro atoms. The van der Waals surface area contributed by atoms with E-state index in [2.05, 4.69) is 10.3 Å². The molecular weight excluding hydrogens is 254 g/mol. The number of piperidine rings is 1. The lowest BCUT2D eigenvalue weighted by Gasteiger charge is -2.31. The highest BCUT2D eigenvalue weighted by Crippen LogP contribution is 2.14. The summed E-state index contributed by atoms with van der Waals surface area (Å²) in [5.74, 6) is 0. The van der Waals surface area contributed by atoms with E-state index < -0.39 is 6.09 Å². The number of hydrogen-bond acceptors (Lipinski definition) is 3. The van der Waals surface area contributed by atoms with Gasteiger partial charge in [0.2, 0.25) is 0 Å². The lowest BCUT2D eigenvalue weighted by Crippen LogP contribution is -2.47. The molecule has 1 atom stereocenters. The van der Waals surface area contributed by atoms with Gasteiger partial charge in [-0.1, -0.05) is 17.7 Å². The number of carboxylic acid groups (broad SMARTS) is 1. The van der Waals surface area contributed by atoms with Gasteiger partial charge in [0.25, 0.3) is 0 Å². The van der Waals surface area contributed by atoms with Crippen LogP contribution in [0.1, 0.15) is 18.4 Å². The lowest BCUT2D eigenvalue weighted by atomic mass is 10.1. The monoisotopic (exact) mass is 269 g/mol. The van der Waals surface area contributed by atoms with E-state index >= 15 is 0 Å². The molecule has 1 aliphatic rings. The third kappa shape index (κ3) is 3.34. The molecule has 1 fully saturated rings. The number of amides is 1. The smallest absolute Gasteiger partial charge is 0.407 e. The Kier molecular flexibility index (Phi) is 4.38. The van der Waals surface area contributed by atoms with Crippen molar-refractivity contribution >= 4 is 17.7 Å². The molecule has 0 aliphatic carbocycles. The highest BCUT2D eigenvalue weighted by atomic mass is 35.5. The van der Waals surface area contributed by atoms with Crippen molar-refractivity contribution in [3.05, 3.63) is 29.0 Å². The van der Waals surface area contributed by atoms with Crippen molar-refractivity contribution in [2.75, 3.05) is 13.1 Å². The fraction of sp³-hybridized carbons (Fsp3) is 0.500. The molecule has 2 rings (SSSR count). The van der Waals surface area contributed by atoms with Gasteiger partial charge >= 0.3 is 6.09 Å². The molecule has 0 aromatic carbocycles. The second-order valence-electron chi connectivity index (χ2n) is 4.40. The van der Waals surface area contributed by atoms with Gasteiger partial charge in [-0.05, 0) is 18.9 Å². The second kappa shape index (κ2) is 6.02. The van der Waals surface area contributed by atoms with Crippen LogP contribution in [0, 0.1) is 0 Å². The average molecular weight is 270 g/mol. The molecule has 0 saturated carbocycles. The number of hydrogen-bond donors (Lipinski definition) is 2. The predicted molar refractivity (Wildman–Crippen MR) is 68.7 cm³/mol. The van der Waals surface area contributed by atoms with Crippen LogP contribution >= 0.6 is 11.6 Å². The molecule has 1 aromatic heterocycles. The first-order valence-corrected chi connectivity index (χ1v) is 6.35. The Morgan fingerprint density at radius 3 is 3.22 bits per heavy atom. The number of rotatable bonds is 3. The highest BCUT2D eigenvalue weighted by molar-refractivity contribution is 6.30. The van der Waals surface area contributed by atoms with E-state index in [0.29, 0.717) is 24.8 Å². The number of carbonyl (C=O) groups is 1. The Balaban J connectivity index is 1.87. The first-order chi connectivity index (χ1) is 8.66. The Labute approximate surface area is 111 Å². The maximum Gasteiger partial charge on any atom is 0.407 e. The quantitative estimate of drug-likeness (QED) is 0.824. The molecule has 0 radical (unpaired) electrons. The Morgan fingerprint density at radius 2 is 2.50 bits per heavy atom. The van der Waals surface area contributed by atoms with Crippen molar-refractivity contribution in [3.63, 3.8) is 0 Å². The number of nitrogens with zero attached hydrogens (tertiary/aromatic N) is 2. The van der Waals surface area contributed by atoms with Gasteiger partial charge in [-0.25, -0.2) is 9.78 Å². The molecule has 1 aliphatic heterocycles. The van der Waals surface area contributed by atoms with Gasteiger partial charge in [0.15, 0.2) is 0 Å². The zero-order valence-corrected chi connectivity index (χ0v) is 10.7. The fourth-order valence-electron chi connectivity index (χ4n) is 2.12. The Bertz CT molecular complexity index is 428. The molecule has 1 aromatic rings. The van der Waals surface area contributed by atoms with E-state index in [9.17, 15) is 4.79 Å². The van der Waals surface area contributed by atoms with Crippen molar-refractivity contribution in [2.45, 2.75) is 25.4 Å². The normalized spacial score (nSPS) is 19.8. The van der Waals surface area contributed by atoms with Gasteiger partial charge in [-0.3, -0.25) is 0 Å². The van der Waals surface area contributed by atoms with Crippen LogP contribution in [0.25, 0.3) is 0 Å².